The van der Waals surface area contributed by atoms with Crippen LogP contribution < -0.4 is 4.74 Å². The smallest absolute Gasteiger partial charge is 0.161 e. The molecule has 1 aromatic carbocycles. The van der Waals surface area contributed by atoms with Crippen molar-refractivity contribution in [2.24, 2.45) is 0 Å². The number of nitrogens with zero attached hydrogens (tertiary/aromatic N) is 1. The largest absolute Gasteiger partial charge is 0.496 e. The van der Waals surface area contributed by atoms with Crippen molar-refractivity contribution in [3.05, 3.63) is 45.4 Å². The lowest BCUT2D eigenvalue weighted by Gasteiger charge is -2.08. The number of thiazole rings is 1. The minimum absolute atomic E-state index is 0.663. The lowest BCUT2D eigenvalue weighted by molar-refractivity contribution is 0.112. The van der Waals surface area contributed by atoms with Gasteiger partial charge in [-0.05, 0) is 18.1 Å². The van der Waals surface area contributed by atoms with Gasteiger partial charge in [-0.2, -0.15) is 0 Å². The normalized spacial score (nSPS) is 10.3. The number of carbonyl (C=O) groups is 1. The van der Waals surface area contributed by atoms with Gasteiger partial charge in [-0.3, -0.25) is 4.79 Å². The lowest BCUT2D eigenvalue weighted by atomic mass is 10.1. The number of aromatic nitrogens is 1. The first kappa shape index (κ1) is 12.8. The first-order chi connectivity index (χ1) is 8.76. The number of aldehydes is 1. The molecule has 1 heterocycles. The predicted octanol–water partition coefficient (Wildman–Crippen LogP) is 3.12. The number of hydrogen-bond acceptors (Lipinski definition) is 4. The van der Waals surface area contributed by atoms with Crippen LogP contribution in [0, 0.1) is 0 Å². The van der Waals surface area contributed by atoms with Crippen LogP contribution in [0.15, 0.2) is 24.4 Å². The second kappa shape index (κ2) is 5.78. The van der Waals surface area contributed by atoms with Crippen LogP contribution in [-0.2, 0) is 12.8 Å². The van der Waals surface area contributed by atoms with Crippen molar-refractivity contribution in [1.29, 1.82) is 0 Å². The molecular weight excluding hydrogens is 246 g/mol. The van der Waals surface area contributed by atoms with Crippen LogP contribution in [0.2, 0.25) is 0 Å². The Kier molecular flexibility index (Phi) is 4.10. The molecule has 0 aliphatic carbocycles. The van der Waals surface area contributed by atoms with Gasteiger partial charge in [-0.1, -0.05) is 19.1 Å². The van der Waals surface area contributed by atoms with Crippen molar-refractivity contribution in [2.45, 2.75) is 19.8 Å². The standard InChI is InChI=1S/C14H15NO2S/c1-3-10-4-5-13(17-2)11(6-10)7-14-15-8-12(9-16)18-14/h4-6,8-9H,3,7H2,1-2H3. The quantitative estimate of drug-likeness (QED) is 0.776. The highest BCUT2D eigenvalue weighted by molar-refractivity contribution is 7.13. The Balaban J connectivity index is 2.28. The molecule has 3 nitrogen and oxygen atoms in total. The Hall–Kier alpha value is -1.68. The van der Waals surface area contributed by atoms with Gasteiger partial charge >= 0.3 is 0 Å². The van der Waals surface area contributed by atoms with E-state index in [2.05, 4.69) is 24.0 Å². The van der Waals surface area contributed by atoms with Crippen LogP contribution in [0.4, 0.5) is 0 Å². The minimum atomic E-state index is 0.663. The van der Waals surface area contributed by atoms with Crippen LogP contribution in [0.1, 0.15) is 32.7 Å². The first-order valence-corrected chi connectivity index (χ1v) is 6.64. The summed E-state index contributed by atoms with van der Waals surface area (Å²) in [6, 6.07) is 6.20. The summed E-state index contributed by atoms with van der Waals surface area (Å²) < 4.78 is 5.36. The maximum absolute atomic E-state index is 10.6. The van der Waals surface area contributed by atoms with Crippen molar-refractivity contribution in [3.63, 3.8) is 0 Å². The minimum Gasteiger partial charge on any atom is -0.496 e. The average Bonchev–Trinajstić information content (AvgIpc) is 2.86. The summed E-state index contributed by atoms with van der Waals surface area (Å²) in [7, 11) is 1.67. The fraction of sp³-hybridized carbons (Fsp3) is 0.286. The van der Waals surface area contributed by atoms with Gasteiger partial charge in [0.05, 0.1) is 17.0 Å². The molecule has 2 rings (SSSR count). The number of hydrogen-bond donors (Lipinski definition) is 0. The van der Waals surface area contributed by atoms with E-state index in [0.717, 1.165) is 29.0 Å². The molecule has 2 aromatic rings. The molecule has 0 spiro atoms. The highest BCUT2D eigenvalue weighted by atomic mass is 32.1. The van der Waals surface area contributed by atoms with E-state index in [1.54, 1.807) is 13.3 Å². The maximum atomic E-state index is 10.6. The van der Waals surface area contributed by atoms with Crippen LogP contribution in [0.3, 0.4) is 0 Å². The molecule has 94 valence electrons. The highest BCUT2D eigenvalue weighted by Crippen LogP contribution is 2.24. The Morgan fingerprint density at radius 1 is 1.44 bits per heavy atom. The monoisotopic (exact) mass is 261 g/mol. The SMILES string of the molecule is CCc1ccc(OC)c(Cc2ncc(C=O)s2)c1. The third-order valence-corrected chi connectivity index (χ3v) is 3.71. The summed E-state index contributed by atoms with van der Waals surface area (Å²) >= 11 is 1.43. The fourth-order valence-corrected chi connectivity index (χ4v) is 2.57. The van der Waals surface area contributed by atoms with E-state index in [4.69, 9.17) is 4.74 Å². The third-order valence-electron chi connectivity index (χ3n) is 2.78. The molecule has 18 heavy (non-hydrogen) atoms. The van der Waals surface area contributed by atoms with Crippen molar-refractivity contribution in [3.8, 4) is 5.75 Å². The maximum Gasteiger partial charge on any atom is 0.161 e. The van der Waals surface area contributed by atoms with Gasteiger partial charge in [-0.25, -0.2) is 4.98 Å². The number of ether oxygens (including phenoxy) is 1. The molecule has 0 amide bonds. The van der Waals surface area contributed by atoms with Gasteiger partial charge < -0.3 is 4.74 Å². The second-order valence-electron chi connectivity index (χ2n) is 3.95. The Bertz CT molecular complexity index is 548. The number of rotatable bonds is 5. The van der Waals surface area contributed by atoms with E-state index in [0.29, 0.717) is 11.3 Å². The van der Waals surface area contributed by atoms with Crippen LogP contribution >= 0.6 is 11.3 Å². The molecule has 0 aliphatic heterocycles. The number of carbonyl (C=O) groups excluding carboxylic acids is 1. The van der Waals surface area contributed by atoms with E-state index in [1.807, 2.05) is 6.07 Å². The van der Waals surface area contributed by atoms with Gasteiger partial charge in [0.2, 0.25) is 0 Å². The summed E-state index contributed by atoms with van der Waals surface area (Å²) in [5, 5.41) is 0.934. The highest BCUT2D eigenvalue weighted by Gasteiger charge is 2.08. The van der Waals surface area contributed by atoms with Crippen LogP contribution in [0.25, 0.3) is 0 Å². The van der Waals surface area contributed by atoms with Crippen molar-refractivity contribution < 1.29 is 9.53 Å². The molecule has 0 saturated carbocycles. The topological polar surface area (TPSA) is 39.2 Å². The van der Waals surface area contributed by atoms with Crippen molar-refractivity contribution >= 4 is 17.6 Å². The first-order valence-electron chi connectivity index (χ1n) is 5.82. The van der Waals surface area contributed by atoms with E-state index in [1.165, 1.54) is 16.9 Å². The Labute approximate surface area is 110 Å². The van der Waals surface area contributed by atoms with Gasteiger partial charge in [0.1, 0.15) is 5.75 Å². The zero-order valence-corrected chi connectivity index (χ0v) is 11.3. The van der Waals surface area contributed by atoms with Crippen LogP contribution in [0.5, 0.6) is 5.75 Å². The van der Waals surface area contributed by atoms with Gasteiger partial charge in [-0.15, -0.1) is 11.3 Å². The van der Waals surface area contributed by atoms with Crippen molar-refractivity contribution in [1.82, 2.24) is 4.98 Å². The number of methoxy groups -OCH3 is 1. The van der Waals surface area contributed by atoms with Gasteiger partial charge in [0.25, 0.3) is 0 Å². The molecule has 0 fully saturated rings. The summed E-state index contributed by atoms with van der Waals surface area (Å²) in [6.45, 7) is 2.12. The van der Waals surface area contributed by atoms with Gasteiger partial charge in [0.15, 0.2) is 6.29 Å². The zero-order chi connectivity index (χ0) is 13.0. The number of benzene rings is 1. The Morgan fingerprint density at radius 3 is 2.89 bits per heavy atom. The fourth-order valence-electron chi connectivity index (χ4n) is 1.81. The van der Waals surface area contributed by atoms with E-state index in [9.17, 15) is 4.79 Å². The molecule has 0 radical (unpaired) electrons. The average molecular weight is 261 g/mol. The van der Waals surface area contributed by atoms with Crippen LogP contribution in [-0.4, -0.2) is 18.4 Å². The van der Waals surface area contributed by atoms with Gasteiger partial charge in [0, 0.05) is 18.2 Å². The Morgan fingerprint density at radius 2 is 2.28 bits per heavy atom. The van der Waals surface area contributed by atoms with E-state index < -0.39 is 0 Å². The number of aryl methyl sites for hydroxylation is 1. The molecule has 0 saturated heterocycles. The predicted molar refractivity (Wildman–Crippen MR) is 72.7 cm³/mol. The molecule has 1 aromatic heterocycles. The molecule has 0 atom stereocenters. The van der Waals surface area contributed by atoms with E-state index in [-0.39, 0.29) is 0 Å². The molecule has 0 N–H and O–H groups in total. The summed E-state index contributed by atoms with van der Waals surface area (Å²) in [4.78, 5) is 15.5. The molecule has 0 aliphatic rings. The second-order valence-corrected chi connectivity index (χ2v) is 5.10. The summed E-state index contributed by atoms with van der Waals surface area (Å²) in [5.41, 5.74) is 2.39. The molecule has 0 unspecified atom stereocenters. The lowest BCUT2D eigenvalue weighted by Crippen LogP contribution is -1.95. The van der Waals surface area contributed by atoms with Crippen molar-refractivity contribution in [2.75, 3.05) is 7.11 Å². The zero-order valence-electron chi connectivity index (χ0n) is 10.5. The molecule has 0 bridgehead atoms. The summed E-state index contributed by atoms with van der Waals surface area (Å²) in [6.07, 6.45) is 4.15. The third kappa shape index (κ3) is 2.76. The molecule has 4 heteroatoms. The van der Waals surface area contributed by atoms with E-state index >= 15 is 0 Å². The molecular formula is C14H15NO2S. The summed E-state index contributed by atoms with van der Waals surface area (Å²) in [5.74, 6) is 0.870.